The molecule has 4 heteroatoms. The van der Waals surface area contributed by atoms with E-state index < -0.39 is 0 Å². The van der Waals surface area contributed by atoms with Crippen LogP contribution in [0.1, 0.15) is 184 Å². The fraction of sp³-hybridized carbons (Fsp3) is 0.349. The molecule has 0 saturated heterocycles. The molecular formula is C83H96Br2N2. The number of anilines is 6. The number of rotatable bonds is 11. The molecule has 0 amide bonds. The molecule has 0 heterocycles. The van der Waals surface area contributed by atoms with E-state index >= 15 is 0 Å². The maximum absolute atomic E-state index is 4.04. The lowest BCUT2D eigenvalue weighted by Crippen LogP contribution is -2.19. The molecule has 87 heavy (non-hydrogen) atoms. The zero-order valence-electron chi connectivity index (χ0n) is 56.3. The zero-order valence-corrected chi connectivity index (χ0v) is 59.4. The molecule has 0 N–H and O–H groups in total. The first-order valence-electron chi connectivity index (χ1n) is 31.4. The quantitative estimate of drug-likeness (QED) is 0.127. The molecule has 0 unspecified atom stereocenters. The van der Waals surface area contributed by atoms with Crippen LogP contribution in [0.4, 0.5) is 34.1 Å². The van der Waals surface area contributed by atoms with Crippen molar-refractivity contribution >= 4 is 66.0 Å². The van der Waals surface area contributed by atoms with E-state index in [1.165, 1.54) is 83.5 Å². The predicted molar refractivity (Wildman–Crippen MR) is 388 cm³/mol. The second kappa shape index (κ2) is 24.1. The van der Waals surface area contributed by atoms with Gasteiger partial charge in [-0.05, 0) is 184 Å². The molecule has 2 nitrogen and oxygen atoms in total. The molecule has 0 aliphatic rings. The Bertz CT molecular complexity index is 3570. The summed E-state index contributed by atoms with van der Waals surface area (Å²) in [4.78, 5) is 5.18. The third-order valence-electron chi connectivity index (χ3n) is 16.9. The van der Waals surface area contributed by atoms with Gasteiger partial charge in [-0.3, -0.25) is 0 Å². The van der Waals surface area contributed by atoms with E-state index in [9.17, 15) is 0 Å². The van der Waals surface area contributed by atoms with Crippen molar-refractivity contribution in [2.75, 3.05) is 9.80 Å². The Morgan fingerprint density at radius 3 is 0.770 bits per heavy atom. The first kappa shape index (κ1) is 65.0. The van der Waals surface area contributed by atoms with Crippen LogP contribution < -0.4 is 9.80 Å². The highest BCUT2D eigenvalue weighted by atomic mass is 79.9. The van der Waals surface area contributed by atoms with Crippen molar-refractivity contribution < 1.29 is 0 Å². The molecule has 0 bridgehead atoms. The molecule has 0 atom stereocenters. The summed E-state index contributed by atoms with van der Waals surface area (Å²) in [6.45, 7) is 49.1. The summed E-state index contributed by atoms with van der Waals surface area (Å²) in [5, 5.41) is 0. The minimum atomic E-state index is -0.174. The summed E-state index contributed by atoms with van der Waals surface area (Å²) >= 11 is 8.08. The van der Waals surface area contributed by atoms with Gasteiger partial charge in [0.1, 0.15) is 0 Å². The molecular weight excluding hydrogens is 1180 g/mol. The summed E-state index contributed by atoms with van der Waals surface area (Å²) in [7, 11) is 0. The first-order valence-corrected chi connectivity index (χ1v) is 33.0. The van der Waals surface area contributed by atoms with Crippen molar-refractivity contribution in [3.8, 4) is 44.5 Å². The van der Waals surface area contributed by atoms with Gasteiger partial charge in [-0.2, -0.15) is 0 Å². The summed E-state index contributed by atoms with van der Waals surface area (Å²) in [5.74, 6) is 0. The number of nitrogens with zero attached hydrogens (tertiary/aromatic N) is 2. The monoisotopic (exact) mass is 1280 g/mol. The molecule has 0 saturated carbocycles. The van der Waals surface area contributed by atoms with Crippen molar-refractivity contribution in [2.45, 2.75) is 184 Å². The average molecular weight is 1280 g/mol. The first-order chi connectivity index (χ1) is 40.3. The maximum Gasteiger partial charge on any atom is 0.0618 e. The minimum absolute atomic E-state index is 0.0615. The smallest absolute Gasteiger partial charge is 0.0618 e. The topological polar surface area (TPSA) is 6.48 Å². The van der Waals surface area contributed by atoms with Crippen LogP contribution in [0.15, 0.2) is 197 Å². The molecule has 9 aromatic carbocycles. The van der Waals surface area contributed by atoms with Crippen LogP contribution in [0.2, 0.25) is 0 Å². The van der Waals surface area contributed by atoms with Crippen LogP contribution in [0, 0.1) is 5.41 Å². The molecule has 0 aliphatic heterocycles. The van der Waals surface area contributed by atoms with Gasteiger partial charge in [0.2, 0.25) is 0 Å². The second-order valence-corrected chi connectivity index (χ2v) is 33.7. The van der Waals surface area contributed by atoms with Crippen LogP contribution in [0.3, 0.4) is 0 Å². The van der Waals surface area contributed by atoms with Crippen molar-refractivity contribution in [3.63, 3.8) is 0 Å². The van der Waals surface area contributed by atoms with Crippen molar-refractivity contribution in [1.29, 1.82) is 0 Å². The number of halogens is 2. The lowest BCUT2D eigenvalue weighted by Gasteiger charge is -2.36. The van der Waals surface area contributed by atoms with Gasteiger partial charge in [0.15, 0.2) is 0 Å². The molecule has 0 fully saturated rings. The molecule has 452 valence electrons. The van der Waals surface area contributed by atoms with Gasteiger partial charge in [-0.15, -0.1) is 0 Å². The normalized spacial score (nSPS) is 12.8. The predicted octanol–water partition coefficient (Wildman–Crippen LogP) is 26.2. The Morgan fingerprint density at radius 2 is 0.529 bits per heavy atom. The largest absolute Gasteiger partial charge is 0.309 e. The highest BCUT2D eigenvalue weighted by Crippen LogP contribution is 2.54. The molecule has 0 aromatic heterocycles. The standard InChI is InChI=1S/C83H96Br2N2/c1-77(2,3)53-54-40-69(86(67-38-26-36-65(84)50-67)75-71(55-28-22-32-59(42-55)78(4,5)6)46-63(82(16,17)18)47-72(75)56-29-23-33-60(43-56)79(7,8)9)52-70(41-54)87(68-39-27-37-66(85)51-68)76-73(57-30-24-34-61(44-57)80(10,11)12)48-64(83(19,20)21)49-74(76)58-31-25-35-62(45-58)81(13,14)15/h22-52H,53H2,1-21H3. The number of hydrogen-bond donors (Lipinski definition) is 0. The minimum Gasteiger partial charge on any atom is -0.309 e. The number of benzene rings is 9. The lowest BCUT2D eigenvalue weighted by atomic mass is 9.79. The summed E-state index contributed by atoms with van der Waals surface area (Å²) in [6, 6.07) is 72.7. The maximum atomic E-state index is 4.04. The molecule has 9 aromatic rings. The van der Waals surface area contributed by atoms with E-state index in [-0.39, 0.29) is 37.9 Å². The Kier molecular flexibility index (Phi) is 18.0. The summed E-state index contributed by atoms with van der Waals surface area (Å²) in [6.07, 6.45) is 0.834. The third-order valence-corrected chi connectivity index (χ3v) is 17.9. The summed E-state index contributed by atoms with van der Waals surface area (Å²) in [5.41, 5.74) is 24.2. The van der Waals surface area contributed by atoms with Crippen molar-refractivity contribution in [3.05, 3.63) is 236 Å². The SMILES string of the molecule is CC(C)(C)Cc1cc(N(c2cccc(Br)c2)c2c(-c3cccc(C(C)(C)C)c3)cc(C(C)(C)C)cc2-c2cccc(C(C)(C)C)c2)cc(N(c2cccc(Br)c2)c2c(-c3cccc(C(C)(C)C)c3)cc(C(C)(C)C)cc2-c2cccc(C(C)(C)C)c2)c1. The van der Waals surface area contributed by atoms with E-state index in [0.29, 0.717) is 0 Å². The Morgan fingerprint density at radius 1 is 0.264 bits per heavy atom. The van der Waals surface area contributed by atoms with Gasteiger partial charge in [0, 0.05) is 53.9 Å². The highest BCUT2D eigenvalue weighted by Gasteiger charge is 2.32. The molecule has 9 rings (SSSR count). The zero-order chi connectivity index (χ0) is 63.6. The van der Waals surface area contributed by atoms with Gasteiger partial charge in [-0.25, -0.2) is 0 Å². The van der Waals surface area contributed by atoms with E-state index in [2.05, 4.69) is 375 Å². The van der Waals surface area contributed by atoms with Crippen LogP contribution >= 0.6 is 31.9 Å². The van der Waals surface area contributed by atoms with Crippen LogP contribution in [-0.4, -0.2) is 0 Å². The fourth-order valence-corrected chi connectivity index (χ4v) is 12.6. The molecule has 0 radical (unpaired) electrons. The highest BCUT2D eigenvalue weighted by molar-refractivity contribution is 9.10. The Hall–Kier alpha value is -6.46. The second-order valence-electron chi connectivity index (χ2n) is 31.9. The fourth-order valence-electron chi connectivity index (χ4n) is 11.8. The Labute approximate surface area is 542 Å². The summed E-state index contributed by atoms with van der Waals surface area (Å²) < 4.78 is 2.02. The third kappa shape index (κ3) is 15.0. The van der Waals surface area contributed by atoms with Crippen LogP contribution in [-0.2, 0) is 38.9 Å². The lowest BCUT2D eigenvalue weighted by molar-refractivity contribution is 0.411. The van der Waals surface area contributed by atoms with Crippen molar-refractivity contribution in [1.82, 2.24) is 0 Å². The average Bonchev–Trinajstić information content (AvgIpc) is 0.810. The molecule has 0 spiro atoms. The van der Waals surface area contributed by atoms with Crippen LogP contribution in [0.25, 0.3) is 44.5 Å². The van der Waals surface area contributed by atoms with E-state index in [1.54, 1.807) is 0 Å². The van der Waals surface area contributed by atoms with E-state index in [4.69, 9.17) is 0 Å². The Balaban J connectivity index is 1.52. The van der Waals surface area contributed by atoms with Gasteiger partial charge in [-0.1, -0.05) is 286 Å². The van der Waals surface area contributed by atoms with Gasteiger partial charge < -0.3 is 9.80 Å². The van der Waals surface area contributed by atoms with Crippen LogP contribution in [0.5, 0.6) is 0 Å². The van der Waals surface area contributed by atoms with Crippen molar-refractivity contribution in [2.24, 2.45) is 5.41 Å². The number of hydrogen-bond acceptors (Lipinski definition) is 2. The van der Waals surface area contributed by atoms with E-state index in [0.717, 1.165) is 49.5 Å². The van der Waals surface area contributed by atoms with E-state index in [1.807, 2.05) is 0 Å². The molecule has 0 aliphatic carbocycles. The van der Waals surface area contributed by atoms with Gasteiger partial charge >= 0.3 is 0 Å². The van der Waals surface area contributed by atoms with Gasteiger partial charge in [0.25, 0.3) is 0 Å². The van der Waals surface area contributed by atoms with Gasteiger partial charge in [0.05, 0.1) is 11.4 Å².